The molecule has 4 aromatic rings. The zero-order valence-electron chi connectivity index (χ0n) is 20.7. The number of H-pyrrole nitrogens is 1. The number of anilines is 1. The van der Waals surface area contributed by atoms with E-state index in [1.165, 1.54) is 29.8 Å². The van der Waals surface area contributed by atoms with Crippen LogP contribution in [0.2, 0.25) is 0 Å². The van der Waals surface area contributed by atoms with Crippen LogP contribution in [-0.2, 0) is 13.6 Å². The first kappa shape index (κ1) is 26.1. The topological polar surface area (TPSA) is 179 Å². The Balaban J connectivity index is 1.63. The van der Waals surface area contributed by atoms with Crippen molar-refractivity contribution in [3.8, 4) is 11.5 Å². The number of rotatable bonds is 10. The van der Waals surface area contributed by atoms with Gasteiger partial charge in [-0.3, -0.25) is 24.5 Å². The van der Waals surface area contributed by atoms with Gasteiger partial charge in [-0.2, -0.15) is 10.1 Å². The van der Waals surface area contributed by atoms with Gasteiger partial charge in [0.1, 0.15) is 24.2 Å². The summed E-state index contributed by atoms with van der Waals surface area (Å²) in [5.41, 5.74) is 2.33. The van der Waals surface area contributed by atoms with Crippen LogP contribution in [0.5, 0.6) is 11.5 Å². The van der Waals surface area contributed by atoms with Crippen molar-refractivity contribution in [2.24, 2.45) is 12.1 Å². The zero-order chi connectivity index (χ0) is 27.4. The Morgan fingerprint density at radius 1 is 1.24 bits per heavy atom. The van der Waals surface area contributed by atoms with Crippen LogP contribution in [0.3, 0.4) is 0 Å². The molecule has 0 aliphatic heterocycles. The lowest BCUT2D eigenvalue weighted by Gasteiger charge is -2.15. The van der Waals surface area contributed by atoms with Gasteiger partial charge in [-0.25, -0.2) is 10.2 Å². The monoisotopic (exact) mass is 523 g/mol. The molecule has 14 nitrogen and oxygen atoms in total. The summed E-state index contributed by atoms with van der Waals surface area (Å²) < 4.78 is 13.3. The van der Waals surface area contributed by atoms with Crippen molar-refractivity contribution >= 4 is 28.5 Å². The van der Waals surface area contributed by atoms with Crippen molar-refractivity contribution in [3.63, 3.8) is 0 Å². The molecule has 0 amide bonds. The van der Waals surface area contributed by atoms with E-state index < -0.39 is 22.3 Å². The van der Waals surface area contributed by atoms with Gasteiger partial charge in [0.05, 0.1) is 24.3 Å². The Morgan fingerprint density at radius 3 is 2.63 bits per heavy atom. The molecule has 38 heavy (non-hydrogen) atoms. The minimum Gasteiger partial charge on any atom is -0.497 e. The fourth-order valence-electron chi connectivity index (χ4n) is 3.67. The number of hydrogen-bond acceptors (Lipinski definition) is 10. The fraction of sp³-hybridized carbons (Fsp3) is 0.250. The number of aliphatic hydroxyl groups is 1. The molecule has 14 heteroatoms. The molecular weight excluding hydrogens is 498 g/mol. The van der Waals surface area contributed by atoms with Gasteiger partial charge in [0.25, 0.3) is 11.2 Å². The number of methoxy groups -OCH3 is 1. The van der Waals surface area contributed by atoms with Gasteiger partial charge in [0.2, 0.25) is 5.95 Å². The highest BCUT2D eigenvalue weighted by molar-refractivity contribution is 5.99. The summed E-state index contributed by atoms with van der Waals surface area (Å²) in [5.74, 6) is 1.24. The molecule has 2 aromatic carbocycles. The smallest absolute Gasteiger partial charge is 0.329 e. The number of nitrogens with zero attached hydrogens (tertiary/aromatic N) is 5. The number of imidazole rings is 1. The van der Waals surface area contributed by atoms with Crippen LogP contribution in [0, 0.1) is 10.1 Å². The van der Waals surface area contributed by atoms with Crippen molar-refractivity contribution in [2.45, 2.75) is 19.6 Å². The molecule has 198 valence electrons. The number of non-ortho nitro benzene ring substituents is 1. The van der Waals surface area contributed by atoms with Crippen molar-refractivity contribution in [2.75, 3.05) is 19.1 Å². The van der Waals surface area contributed by atoms with Gasteiger partial charge in [-0.15, -0.1) is 0 Å². The Bertz CT molecular complexity index is 1620. The predicted octanol–water partition coefficient (Wildman–Crippen LogP) is 1.62. The number of aromatic amines is 1. The number of aryl methyl sites for hydroxylation is 1. The third-order valence-corrected chi connectivity index (χ3v) is 5.70. The molecule has 0 saturated heterocycles. The van der Waals surface area contributed by atoms with Crippen LogP contribution in [0.4, 0.5) is 11.6 Å². The molecule has 0 aliphatic rings. The van der Waals surface area contributed by atoms with Gasteiger partial charge in [-0.1, -0.05) is 12.1 Å². The molecular formula is C24H25N7O7. The van der Waals surface area contributed by atoms with E-state index in [1.54, 1.807) is 44.4 Å². The number of nitro benzene ring substituents is 1. The van der Waals surface area contributed by atoms with Gasteiger partial charge >= 0.3 is 5.69 Å². The Labute approximate surface area is 214 Å². The highest BCUT2D eigenvalue weighted by Crippen LogP contribution is 2.20. The average Bonchev–Trinajstić information content (AvgIpc) is 3.28. The number of ether oxygens (including phenoxy) is 2. The number of nitro groups is 1. The third kappa shape index (κ3) is 5.54. The molecule has 0 bridgehead atoms. The lowest BCUT2D eigenvalue weighted by atomic mass is 10.1. The molecule has 2 aromatic heterocycles. The largest absolute Gasteiger partial charge is 0.497 e. The molecule has 3 N–H and O–H groups in total. The van der Waals surface area contributed by atoms with E-state index in [-0.39, 0.29) is 36.0 Å². The van der Waals surface area contributed by atoms with Crippen LogP contribution < -0.4 is 26.1 Å². The van der Waals surface area contributed by atoms with Crippen molar-refractivity contribution in [1.82, 2.24) is 19.1 Å². The van der Waals surface area contributed by atoms with Crippen molar-refractivity contribution < 1.29 is 19.5 Å². The summed E-state index contributed by atoms with van der Waals surface area (Å²) in [7, 11) is 3.00. The highest BCUT2D eigenvalue weighted by atomic mass is 16.6. The summed E-state index contributed by atoms with van der Waals surface area (Å²) in [6.07, 6.45) is -1.08. The number of aliphatic hydroxyl groups excluding tert-OH is 1. The predicted molar refractivity (Wildman–Crippen MR) is 139 cm³/mol. The summed E-state index contributed by atoms with van der Waals surface area (Å²) in [6.45, 7) is 1.41. The molecule has 0 spiro atoms. The van der Waals surface area contributed by atoms with E-state index in [9.17, 15) is 24.8 Å². The normalized spacial score (nSPS) is 12.4. The SMILES string of the molecule is COc1ccc(OCC(O)Cn2c(N/N=C(\C)c3cccc([N+](=O)[O-])c3)nc3c2c(=O)[nH]c(=O)n3C)cc1. The van der Waals surface area contributed by atoms with E-state index in [0.717, 1.165) is 4.57 Å². The Kier molecular flexibility index (Phi) is 7.53. The summed E-state index contributed by atoms with van der Waals surface area (Å²) in [6, 6.07) is 12.8. The molecule has 1 atom stereocenters. The van der Waals surface area contributed by atoms with Crippen LogP contribution in [0.15, 0.2) is 63.2 Å². The lowest BCUT2D eigenvalue weighted by molar-refractivity contribution is -0.384. The Hall–Kier alpha value is -4.98. The minimum atomic E-state index is -1.08. The third-order valence-electron chi connectivity index (χ3n) is 5.70. The van der Waals surface area contributed by atoms with Gasteiger partial charge in [-0.05, 0) is 31.2 Å². The quantitative estimate of drug-likeness (QED) is 0.158. The van der Waals surface area contributed by atoms with Gasteiger partial charge in [0, 0.05) is 24.7 Å². The number of aromatic nitrogens is 4. The maximum absolute atomic E-state index is 12.7. The fourth-order valence-corrected chi connectivity index (χ4v) is 3.67. The second-order valence-electron chi connectivity index (χ2n) is 8.29. The van der Waals surface area contributed by atoms with E-state index in [0.29, 0.717) is 22.8 Å². The maximum atomic E-state index is 12.7. The summed E-state index contributed by atoms with van der Waals surface area (Å²) >= 11 is 0. The molecule has 1 unspecified atom stereocenters. The van der Waals surface area contributed by atoms with Crippen LogP contribution in [-0.4, -0.2) is 54.7 Å². The van der Waals surface area contributed by atoms with Crippen LogP contribution in [0.1, 0.15) is 12.5 Å². The van der Waals surface area contributed by atoms with E-state index in [1.807, 2.05) is 0 Å². The van der Waals surface area contributed by atoms with Crippen LogP contribution >= 0.6 is 0 Å². The number of nitrogens with one attached hydrogen (secondary N) is 2. The first-order chi connectivity index (χ1) is 18.2. The Morgan fingerprint density at radius 2 is 1.95 bits per heavy atom. The van der Waals surface area contributed by atoms with Crippen molar-refractivity contribution in [1.29, 1.82) is 0 Å². The van der Waals surface area contributed by atoms with E-state index in [2.05, 4.69) is 20.5 Å². The average molecular weight is 524 g/mol. The van der Waals surface area contributed by atoms with Gasteiger partial charge in [0.15, 0.2) is 11.2 Å². The van der Waals surface area contributed by atoms with Crippen LogP contribution in [0.25, 0.3) is 11.2 Å². The van der Waals surface area contributed by atoms with Crippen molar-refractivity contribution in [3.05, 3.63) is 85.0 Å². The molecule has 2 heterocycles. The van der Waals surface area contributed by atoms with Gasteiger partial charge < -0.3 is 19.1 Å². The molecule has 0 fully saturated rings. The number of hydrazone groups is 1. The molecule has 4 rings (SSSR count). The maximum Gasteiger partial charge on any atom is 0.329 e. The molecule has 0 aliphatic carbocycles. The van der Waals surface area contributed by atoms with E-state index >= 15 is 0 Å². The number of benzene rings is 2. The molecule has 0 radical (unpaired) electrons. The first-order valence-electron chi connectivity index (χ1n) is 11.4. The first-order valence-corrected chi connectivity index (χ1v) is 11.4. The second-order valence-corrected chi connectivity index (χ2v) is 8.29. The highest BCUT2D eigenvalue weighted by Gasteiger charge is 2.20. The number of hydrogen-bond donors (Lipinski definition) is 3. The summed E-state index contributed by atoms with van der Waals surface area (Å²) in [5, 5.41) is 26.1. The van der Waals surface area contributed by atoms with E-state index in [4.69, 9.17) is 9.47 Å². The minimum absolute atomic E-state index is 0.0429. The zero-order valence-corrected chi connectivity index (χ0v) is 20.7. The number of fused-ring (bicyclic) bond motifs is 1. The lowest BCUT2D eigenvalue weighted by Crippen LogP contribution is -2.30. The molecule has 0 saturated carbocycles. The summed E-state index contributed by atoms with van der Waals surface area (Å²) in [4.78, 5) is 42.0. The standard InChI is InChI=1S/C24H25N7O7/c1-14(15-5-4-6-16(11-15)31(35)36)27-28-23-25-21-20(22(33)26-24(34)29(21)2)30(23)12-17(32)13-38-19-9-7-18(37-3)8-10-19/h4-11,17,32H,12-13H2,1-3H3,(H,25,28)(H,26,33,34)/b27-14+. The second kappa shape index (κ2) is 11.0.